The number of amides is 1. The minimum absolute atomic E-state index is 0.0453. The number of methoxy groups -OCH3 is 1. The molecule has 1 aromatic rings. The highest BCUT2D eigenvalue weighted by atomic mass is 79.9. The zero-order valence-electron chi connectivity index (χ0n) is 11.9. The van der Waals surface area contributed by atoms with Crippen LogP contribution in [-0.4, -0.2) is 30.6 Å². The molecular formula is C15H20BrNO2S. The number of thioether (sulfide) groups is 1. The number of carbonyl (C=O) groups excluding carboxylic acids is 1. The molecule has 1 aliphatic rings. The van der Waals surface area contributed by atoms with Crippen LogP contribution < -0.4 is 10.1 Å². The molecule has 1 saturated carbocycles. The Morgan fingerprint density at radius 3 is 2.75 bits per heavy atom. The third-order valence-electron chi connectivity index (χ3n) is 3.94. The van der Waals surface area contributed by atoms with Crippen LogP contribution in [0.25, 0.3) is 0 Å². The molecule has 1 aliphatic carbocycles. The van der Waals surface area contributed by atoms with E-state index in [1.54, 1.807) is 13.2 Å². The second-order valence-corrected chi connectivity index (χ2v) is 7.25. The Labute approximate surface area is 133 Å². The van der Waals surface area contributed by atoms with Crippen molar-refractivity contribution in [2.24, 2.45) is 0 Å². The van der Waals surface area contributed by atoms with Crippen LogP contribution in [0.2, 0.25) is 0 Å². The molecule has 0 unspecified atom stereocenters. The highest BCUT2D eigenvalue weighted by Gasteiger charge is 2.33. The van der Waals surface area contributed by atoms with Crippen LogP contribution in [0.15, 0.2) is 22.7 Å². The van der Waals surface area contributed by atoms with E-state index >= 15 is 0 Å². The van der Waals surface area contributed by atoms with Crippen molar-refractivity contribution in [3.05, 3.63) is 28.2 Å². The van der Waals surface area contributed by atoms with Crippen molar-refractivity contribution in [3.63, 3.8) is 0 Å². The molecule has 0 atom stereocenters. The van der Waals surface area contributed by atoms with Crippen molar-refractivity contribution >= 4 is 33.6 Å². The zero-order chi connectivity index (χ0) is 14.6. The molecule has 0 saturated heterocycles. The van der Waals surface area contributed by atoms with Crippen LogP contribution in [0, 0.1) is 0 Å². The van der Waals surface area contributed by atoms with Crippen LogP contribution in [-0.2, 0) is 0 Å². The van der Waals surface area contributed by atoms with Gasteiger partial charge in [-0.3, -0.25) is 4.79 Å². The summed E-state index contributed by atoms with van der Waals surface area (Å²) in [5, 5.41) is 3.08. The molecule has 1 aromatic carbocycles. The van der Waals surface area contributed by atoms with E-state index in [-0.39, 0.29) is 10.7 Å². The maximum absolute atomic E-state index is 12.3. The predicted molar refractivity (Wildman–Crippen MR) is 87.7 cm³/mol. The van der Waals surface area contributed by atoms with Gasteiger partial charge in [0.2, 0.25) is 0 Å². The summed E-state index contributed by atoms with van der Waals surface area (Å²) in [6, 6.07) is 5.44. The lowest BCUT2D eigenvalue weighted by atomic mass is 10.1. The fourth-order valence-electron chi connectivity index (χ4n) is 2.61. The second kappa shape index (κ2) is 6.85. The normalized spacial score (nSPS) is 16.9. The molecule has 110 valence electrons. The van der Waals surface area contributed by atoms with Gasteiger partial charge < -0.3 is 10.1 Å². The Hall–Kier alpha value is -0.680. The topological polar surface area (TPSA) is 38.3 Å². The summed E-state index contributed by atoms with van der Waals surface area (Å²) in [6.45, 7) is 0.733. The van der Waals surface area contributed by atoms with Crippen molar-refractivity contribution in [2.45, 2.75) is 30.4 Å². The minimum atomic E-state index is -0.0453. The fourth-order valence-corrected chi connectivity index (χ4v) is 3.95. The van der Waals surface area contributed by atoms with Gasteiger partial charge in [0.15, 0.2) is 0 Å². The van der Waals surface area contributed by atoms with Crippen molar-refractivity contribution in [3.8, 4) is 5.75 Å². The van der Waals surface area contributed by atoms with E-state index in [0.717, 1.165) is 11.0 Å². The predicted octanol–water partition coefficient (Wildman–Crippen LogP) is 3.86. The number of halogens is 1. The quantitative estimate of drug-likeness (QED) is 0.869. The fraction of sp³-hybridized carbons (Fsp3) is 0.533. The Morgan fingerprint density at radius 2 is 2.15 bits per heavy atom. The van der Waals surface area contributed by atoms with Gasteiger partial charge in [0.05, 0.1) is 12.7 Å². The van der Waals surface area contributed by atoms with Crippen LogP contribution in [0.4, 0.5) is 0 Å². The SMILES string of the molecule is COc1ccc(Br)c(C(=O)NCC2(SC)CCCC2)c1. The summed E-state index contributed by atoms with van der Waals surface area (Å²) in [4.78, 5) is 12.3. The lowest BCUT2D eigenvalue weighted by molar-refractivity contribution is 0.0948. The third kappa shape index (κ3) is 3.50. The van der Waals surface area contributed by atoms with E-state index in [1.807, 2.05) is 23.9 Å². The van der Waals surface area contributed by atoms with E-state index in [9.17, 15) is 4.79 Å². The smallest absolute Gasteiger partial charge is 0.252 e. The number of hydrogen-bond donors (Lipinski definition) is 1. The Bertz CT molecular complexity index is 487. The van der Waals surface area contributed by atoms with Gasteiger partial charge in [-0.15, -0.1) is 0 Å². The molecule has 5 heteroatoms. The van der Waals surface area contributed by atoms with Gasteiger partial charge in [-0.05, 0) is 53.2 Å². The summed E-state index contributed by atoms with van der Waals surface area (Å²) in [6.07, 6.45) is 7.04. The van der Waals surface area contributed by atoms with Crippen LogP contribution >= 0.6 is 27.7 Å². The van der Waals surface area contributed by atoms with E-state index in [4.69, 9.17) is 4.74 Å². The first-order valence-electron chi connectivity index (χ1n) is 6.77. The lowest BCUT2D eigenvalue weighted by Crippen LogP contribution is -2.38. The van der Waals surface area contributed by atoms with E-state index in [2.05, 4.69) is 27.5 Å². The second-order valence-electron chi connectivity index (χ2n) is 5.12. The first-order chi connectivity index (χ1) is 9.60. The molecule has 20 heavy (non-hydrogen) atoms. The summed E-state index contributed by atoms with van der Waals surface area (Å²) in [5.74, 6) is 0.648. The number of benzene rings is 1. The maximum atomic E-state index is 12.3. The molecule has 0 radical (unpaired) electrons. The van der Waals surface area contributed by atoms with Gasteiger partial charge in [0.1, 0.15) is 5.75 Å². The van der Waals surface area contributed by atoms with Gasteiger partial charge in [-0.2, -0.15) is 11.8 Å². The average molecular weight is 358 g/mol. The highest BCUT2D eigenvalue weighted by molar-refractivity contribution is 9.10. The number of hydrogen-bond acceptors (Lipinski definition) is 3. The Balaban J connectivity index is 2.04. The van der Waals surface area contributed by atoms with Gasteiger partial charge >= 0.3 is 0 Å². The van der Waals surface area contributed by atoms with Gasteiger partial charge in [-0.1, -0.05) is 12.8 Å². The monoisotopic (exact) mass is 357 g/mol. The maximum Gasteiger partial charge on any atom is 0.252 e. The summed E-state index contributed by atoms with van der Waals surface area (Å²) < 4.78 is 6.19. The summed E-state index contributed by atoms with van der Waals surface area (Å²) >= 11 is 5.30. The largest absolute Gasteiger partial charge is 0.497 e. The first-order valence-corrected chi connectivity index (χ1v) is 8.79. The van der Waals surface area contributed by atoms with Gasteiger partial charge in [0.25, 0.3) is 5.91 Å². The Kier molecular flexibility index (Phi) is 5.38. The first kappa shape index (κ1) is 15.7. The van der Waals surface area contributed by atoms with Crippen molar-refractivity contribution in [1.29, 1.82) is 0 Å². The molecule has 1 amide bonds. The molecule has 1 fully saturated rings. The molecule has 0 aromatic heterocycles. The molecule has 0 heterocycles. The van der Waals surface area contributed by atoms with E-state index < -0.39 is 0 Å². The third-order valence-corrected chi connectivity index (χ3v) is 6.05. The number of ether oxygens (including phenoxy) is 1. The summed E-state index contributed by atoms with van der Waals surface area (Å²) in [5.41, 5.74) is 0.624. The van der Waals surface area contributed by atoms with Crippen molar-refractivity contribution < 1.29 is 9.53 Å². The van der Waals surface area contributed by atoms with Crippen LogP contribution in [0.5, 0.6) is 5.75 Å². The molecule has 2 rings (SSSR count). The zero-order valence-corrected chi connectivity index (χ0v) is 14.3. The molecule has 0 spiro atoms. The van der Waals surface area contributed by atoms with Crippen LogP contribution in [0.1, 0.15) is 36.0 Å². The molecular weight excluding hydrogens is 338 g/mol. The molecule has 0 aliphatic heterocycles. The average Bonchev–Trinajstić information content (AvgIpc) is 2.95. The number of carbonyl (C=O) groups is 1. The number of nitrogens with one attached hydrogen (secondary N) is 1. The Morgan fingerprint density at radius 1 is 1.45 bits per heavy atom. The number of rotatable bonds is 5. The van der Waals surface area contributed by atoms with E-state index in [0.29, 0.717) is 11.3 Å². The van der Waals surface area contributed by atoms with E-state index in [1.165, 1.54) is 25.7 Å². The summed E-state index contributed by atoms with van der Waals surface area (Å²) in [7, 11) is 1.60. The lowest BCUT2D eigenvalue weighted by Gasteiger charge is -2.27. The molecule has 0 bridgehead atoms. The van der Waals surface area contributed by atoms with Crippen LogP contribution in [0.3, 0.4) is 0 Å². The van der Waals surface area contributed by atoms with Crippen molar-refractivity contribution in [1.82, 2.24) is 5.32 Å². The molecule has 1 N–H and O–H groups in total. The van der Waals surface area contributed by atoms with Gasteiger partial charge in [-0.25, -0.2) is 0 Å². The van der Waals surface area contributed by atoms with Crippen molar-refractivity contribution in [2.75, 3.05) is 19.9 Å². The highest BCUT2D eigenvalue weighted by Crippen LogP contribution is 2.39. The standard InChI is InChI=1S/C15H20BrNO2S/c1-19-11-5-6-13(16)12(9-11)14(18)17-10-15(20-2)7-3-4-8-15/h5-6,9H,3-4,7-8,10H2,1-2H3,(H,17,18). The van der Waals surface area contributed by atoms with Gasteiger partial charge in [0, 0.05) is 15.8 Å². The minimum Gasteiger partial charge on any atom is -0.497 e. The molecule has 3 nitrogen and oxygen atoms in total.